The Morgan fingerprint density at radius 2 is 1.95 bits per heavy atom. The van der Waals surface area contributed by atoms with Crippen LogP contribution in [-0.4, -0.2) is 55.1 Å². The lowest BCUT2D eigenvalue weighted by Gasteiger charge is -2.21. The van der Waals surface area contributed by atoms with E-state index in [1.807, 2.05) is 19.0 Å². The molecule has 1 N–H and O–H groups in total. The number of carbonyl (C=O) groups is 1. The quantitative estimate of drug-likeness (QED) is 0.617. The molecule has 19 heavy (non-hydrogen) atoms. The van der Waals surface area contributed by atoms with Crippen molar-refractivity contribution in [1.29, 1.82) is 0 Å². The zero-order valence-electron chi connectivity index (χ0n) is 11.2. The number of likely N-dealkylation sites (N-methyl/N-ethyl adjacent to an activating group) is 2. The lowest BCUT2D eigenvalue weighted by Crippen LogP contribution is -2.29. The molecule has 0 aliphatic rings. The maximum Gasteiger partial charge on any atom is 0.342 e. The number of hydrogen-bond donors (Lipinski definition) is 1. The number of aromatic carboxylic acids is 1. The van der Waals surface area contributed by atoms with Crippen molar-refractivity contribution in [2.24, 2.45) is 0 Å². The van der Waals surface area contributed by atoms with Crippen molar-refractivity contribution in [1.82, 2.24) is 4.90 Å². The molecule has 0 saturated heterocycles. The second-order valence-corrected chi connectivity index (χ2v) is 4.46. The van der Waals surface area contributed by atoms with E-state index in [1.54, 1.807) is 18.0 Å². The van der Waals surface area contributed by atoms with Crippen molar-refractivity contribution < 1.29 is 14.8 Å². The van der Waals surface area contributed by atoms with Crippen LogP contribution in [0.1, 0.15) is 10.4 Å². The van der Waals surface area contributed by atoms with Gasteiger partial charge in [-0.1, -0.05) is 6.07 Å². The Morgan fingerprint density at radius 1 is 1.32 bits per heavy atom. The molecule has 0 heterocycles. The molecule has 7 heteroatoms. The van der Waals surface area contributed by atoms with Crippen LogP contribution < -0.4 is 4.90 Å². The van der Waals surface area contributed by atoms with Gasteiger partial charge in [0.1, 0.15) is 11.3 Å². The number of rotatable bonds is 6. The number of para-hydroxylation sites is 1. The smallest absolute Gasteiger partial charge is 0.342 e. The minimum Gasteiger partial charge on any atom is -0.477 e. The average Bonchev–Trinajstić information content (AvgIpc) is 2.34. The van der Waals surface area contributed by atoms with E-state index in [9.17, 15) is 14.9 Å². The Morgan fingerprint density at radius 3 is 2.42 bits per heavy atom. The fraction of sp³-hybridized carbons (Fsp3) is 0.417. The molecule has 1 aromatic carbocycles. The molecule has 7 nitrogen and oxygen atoms in total. The Kier molecular flexibility index (Phi) is 4.82. The van der Waals surface area contributed by atoms with Crippen LogP contribution in [0.2, 0.25) is 0 Å². The third-order valence-electron chi connectivity index (χ3n) is 2.72. The Labute approximate surface area is 111 Å². The normalized spacial score (nSPS) is 10.5. The van der Waals surface area contributed by atoms with Crippen molar-refractivity contribution in [3.05, 3.63) is 33.9 Å². The third kappa shape index (κ3) is 3.65. The van der Waals surface area contributed by atoms with Crippen LogP contribution in [0.3, 0.4) is 0 Å². The van der Waals surface area contributed by atoms with Crippen molar-refractivity contribution >= 4 is 17.3 Å². The van der Waals surface area contributed by atoms with Gasteiger partial charge in [-0.25, -0.2) is 4.79 Å². The van der Waals surface area contributed by atoms with Crippen LogP contribution in [0, 0.1) is 10.1 Å². The van der Waals surface area contributed by atoms with Gasteiger partial charge >= 0.3 is 11.7 Å². The number of carboxylic acids is 1. The maximum atomic E-state index is 11.1. The highest BCUT2D eigenvalue weighted by molar-refractivity contribution is 5.95. The van der Waals surface area contributed by atoms with E-state index in [2.05, 4.69) is 0 Å². The first-order chi connectivity index (χ1) is 8.84. The second kappa shape index (κ2) is 6.14. The average molecular weight is 267 g/mol. The molecule has 0 aromatic heterocycles. The van der Waals surface area contributed by atoms with Crippen LogP contribution in [0.25, 0.3) is 0 Å². The van der Waals surface area contributed by atoms with Crippen LogP contribution in [0.4, 0.5) is 11.4 Å². The molecule has 0 unspecified atom stereocenters. The number of nitro groups is 1. The summed E-state index contributed by atoms with van der Waals surface area (Å²) in [6.07, 6.45) is 0. The van der Waals surface area contributed by atoms with Crippen molar-refractivity contribution in [3.63, 3.8) is 0 Å². The summed E-state index contributed by atoms with van der Waals surface area (Å²) in [7, 11) is 5.50. The standard InChI is InChI=1S/C12H17N3O4/c1-13(2)7-8-14(3)10-6-4-5-9(12(16)17)11(10)15(18)19/h4-6H,7-8H2,1-3H3,(H,16,17). The molecule has 1 aromatic rings. The van der Waals surface area contributed by atoms with Gasteiger partial charge in [-0.15, -0.1) is 0 Å². The fourth-order valence-corrected chi connectivity index (χ4v) is 1.67. The van der Waals surface area contributed by atoms with E-state index in [1.165, 1.54) is 12.1 Å². The lowest BCUT2D eigenvalue weighted by atomic mass is 10.1. The van der Waals surface area contributed by atoms with Gasteiger partial charge in [0, 0.05) is 20.1 Å². The number of anilines is 1. The van der Waals surface area contributed by atoms with Gasteiger partial charge in [-0.05, 0) is 26.2 Å². The van der Waals surface area contributed by atoms with Crippen molar-refractivity contribution in [2.75, 3.05) is 39.1 Å². The zero-order valence-corrected chi connectivity index (χ0v) is 11.2. The monoisotopic (exact) mass is 267 g/mol. The molecule has 0 aliphatic carbocycles. The van der Waals surface area contributed by atoms with Crippen LogP contribution in [0.5, 0.6) is 0 Å². The summed E-state index contributed by atoms with van der Waals surface area (Å²) in [6, 6.07) is 4.31. The molecule has 0 radical (unpaired) electrons. The van der Waals surface area contributed by atoms with Crippen molar-refractivity contribution in [2.45, 2.75) is 0 Å². The van der Waals surface area contributed by atoms with Gasteiger partial charge in [-0.3, -0.25) is 10.1 Å². The summed E-state index contributed by atoms with van der Waals surface area (Å²) < 4.78 is 0. The van der Waals surface area contributed by atoms with E-state index in [4.69, 9.17) is 5.11 Å². The van der Waals surface area contributed by atoms with Crippen LogP contribution in [-0.2, 0) is 0 Å². The summed E-state index contributed by atoms with van der Waals surface area (Å²) in [5.41, 5.74) is -0.345. The summed E-state index contributed by atoms with van der Waals surface area (Å²) in [5.74, 6) is -1.30. The van der Waals surface area contributed by atoms with Gasteiger partial charge in [0.15, 0.2) is 0 Å². The molecule has 0 saturated carbocycles. The molecule has 0 spiro atoms. The highest BCUT2D eigenvalue weighted by atomic mass is 16.6. The minimum absolute atomic E-state index is 0.292. The predicted molar refractivity (Wildman–Crippen MR) is 71.9 cm³/mol. The number of benzene rings is 1. The van der Waals surface area contributed by atoms with Gasteiger partial charge in [-0.2, -0.15) is 0 Å². The number of hydrogen-bond acceptors (Lipinski definition) is 5. The first kappa shape index (κ1) is 14.9. The summed E-state index contributed by atoms with van der Waals surface area (Å²) in [4.78, 5) is 25.1. The highest BCUT2D eigenvalue weighted by Gasteiger charge is 2.25. The summed E-state index contributed by atoms with van der Waals surface area (Å²) in [5, 5.41) is 20.1. The minimum atomic E-state index is -1.30. The topological polar surface area (TPSA) is 86.9 Å². The largest absolute Gasteiger partial charge is 0.477 e. The van der Waals surface area contributed by atoms with Crippen LogP contribution >= 0.6 is 0 Å². The van der Waals surface area contributed by atoms with E-state index >= 15 is 0 Å². The number of nitrogens with zero attached hydrogens (tertiary/aromatic N) is 3. The molecule has 1 rings (SSSR count). The first-order valence-electron chi connectivity index (χ1n) is 5.71. The SMILES string of the molecule is CN(C)CCN(C)c1cccc(C(=O)O)c1[N+](=O)[O-]. The van der Waals surface area contributed by atoms with E-state index in [-0.39, 0.29) is 11.3 Å². The van der Waals surface area contributed by atoms with E-state index in [0.717, 1.165) is 0 Å². The first-order valence-corrected chi connectivity index (χ1v) is 5.71. The predicted octanol–water partition coefficient (Wildman–Crippen LogP) is 1.29. The number of carboxylic acid groups (broad SMARTS) is 1. The fourth-order valence-electron chi connectivity index (χ4n) is 1.67. The molecular formula is C12H17N3O4. The highest BCUT2D eigenvalue weighted by Crippen LogP contribution is 2.31. The second-order valence-electron chi connectivity index (χ2n) is 4.46. The van der Waals surface area contributed by atoms with Gasteiger partial charge in [0.25, 0.3) is 0 Å². The summed E-state index contributed by atoms with van der Waals surface area (Å²) in [6.45, 7) is 1.28. The molecular weight excluding hydrogens is 250 g/mol. The molecule has 0 atom stereocenters. The molecule has 104 valence electrons. The molecule has 0 bridgehead atoms. The van der Waals surface area contributed by atoms with Gasteiger partial charge < -0.3 is 14.9 Å². The number of nitro benzene ring substituents is 1. The van der Waals surface area contributed by atoms with Crippen LogP contribution in [0.15, 0.2) is 18.2 Å². The van der Waals surface area contributed by atoms with E-state index in [0.29, 0.717) is 18.8 Å². The van der Waals surface area contributed by atoms with Gasteiger partial charge in [0.05, 0.1) is 4.92 Å². The van der Waals surface area contributed by atoms with Crippen molar-refractivity contribution in [3.8, 4) is 0 Å². The lowest BCUT2D eigenvalue weighted by molar-refractivity contribution is -0.384. The van der Waals surface area contributed by atoms with Gasteiger partial charge in [0.2, 0.25) is 0 Å². The third-order valence-corrected chi connectivity index (χ3v) is 2.72. The zero-order chi connectivity index (χ0) is 14.6. The maximum absolute atomic E-state index is 11.1. The Balaban J connectivity index is 3.16. The molecule has 0 amide bonds. The van der Waals surface area contributed by atoms with E-state index < -0.39 is 10.9 Å². The Hall–Kier alpha value is -2.15. The summed E-state index contributed by atoms with van der Waals surface area (Å²) >= 11 is 0. The molecule has 0 fully saturated rings. The Bertz CT molecular complexity index is 488. The molecule has 0 aliphatic heterocycles.